The zero-order valence-electron chi connectivity index (χ0n) is 9.86. The van der Waals surface area contributed by atoms with E-state index in [1.807, 2.05) is 27.5 Å². The smallest absolute Gasteiger partial charge is 0.293 e. The zero-order chi connectivity index (χ0) is 11.0. The Morgan fingerprint density at radius 3 is 2.75 bits per heavy atom. The molecule has 1 unspecified atom stereocenters. The molecular formula is C9H16IN5O. The van der Waals surface area contributed by atoms with E-state index in [2.05, 4.69) is 19.9 Å². The third-order valence-corrected chi connectivity index (χ3v) is 2.54. The lowest BCUT2D eigenvalue weighted by atomic mass is 10.3. The van der Waals surface area contributed by atoms with Gasteiger partial charge < -0.3 is 38.6 Å². The Kier molecular flexibility index (Phi) is 4.14. The van der Waals surface area contributed by atoms with Crippen LogP contribution in [0.25, 0.3) is 0 Å². The van der Waals surface area contributed by atoms with E-state index in [9.17, 15) is 0 Å². The number of oxime groups is 1. The fraction of sp³-hybridized carbons (Fsp3) is 0.556. The van der Waals surface area contributed by atoms with Gasteiger partial charge in [0.1, 0.15) is 7.11 Å². The Morgan fingerprint density at radius 1 is 1.44 bits per heavy atom. The minimum Gasteiger partial charge on any atom is -1.00 e. The standard InChI is InChI=1S/C9H15N5O.HI/c1-12-5-10-8-7(9(12)11-15-4)13(2)6-14(8)3;/h5H,6H2,1-4H3;1H. The second-order valence-electron chi connectivity index (χ2n) is 3.77. The number of quaternary nitrogens is 1. The zero-order valence-corrected chi connectivity index (χ0v) is 12.0. The maximum atomic E-state index is 4.87. The minimum absolute atomic E-state index is 0. The van der Waals surface area contributed by atoms with Crippen molar-refractivity contribution in [2.45, 2.75) is 0 Å². The topological polar surface area (TPSA) is 44.9 Å². The van der Waals surface area contributed by atoms with Gasteiger partial charge in [-0.05, 0) is 5.16 Å². The number of hydrogen-bond donors (Lipinski definition) is 1. The van der Waals surface area contributed by atoms with Crippen LogP contribution in [0.5, 0.6) is 0 Å². The summed E-state index contributed by atoms with van der Waals surface area (Å²) in [7, 11) is 7.58. The van der Waals surface area contributed by atoms with Gasteiger partial charge in [-0.3, -0.25) is 0 Å². The highest BCUT2D eigenvalue weighted by Crippen LogP contribution is 2.22. The fourth-order valence-electron chi connectivity index (χ4n) is 1.87. The number of aliphatic imine (C=N–C) groups is 1. The lowest BCUT2D eigenvalue weighted by molar-refractivity contribution is -0.668. The number of amidine groups is 1. The first-order valence-electron chi connectivity index (χ1n) is 4.81. The summed E-state index contributed by atoms with van der Waals surface area (Å²) in [6.07, 6.45) is 1.83. The highest BCUT2D eigenvalue weighted by atomic mass is 127. The first kappa shape index (κ1) is 13.2. The molecule has 0 aromatic heterocycles. The fourth-order valence-corrected chi connectivity index (χ4v) is 1.87. The molecular weight excluding hydrogens is 321 g/mol. The molecule has 1 N–H and O–H groups in total. The summed E-state index contributed by atoms with van der Waals surface area (Å²) in [6, 6.07) is 0. The highest BCUT2D eigenvalue weighted by molar-refractivity contribution is 5.96. The quantitative estimate of drug-likeness (QED) is 0.388. The van der Waals surface area contributed by atoms with Crippen LogP contribution >= 0.6 is 0 Å². The van der Waals surface area contributed by atoms with Crippen molar-refractivity contribution < 1.29 is 33.7 Å². The lowest BCUT2D eigenvalue weighted by Crippen LogP contribution is -3.11. The first-order valence-corrected chi connectivity index (χ1v) is 4.81. The summed E-state index contributed by atoms with van der Waals surface area (Å²) in [5, 5.41) is 4.05. The first-order chi connectivity index (χ1) is 7.15. The molecule has 1 atom stereocenters. The summed E-state index contributed by atoms with van der Waals surface area (Å²) in [5.41, 5.74) is 1.04. The molecule has 2 aliphatic rings. The molecule has 0 aliphatic carbocycles. The van der Waals surface area contributed by atoms with E-state index in [1.54, 1.807) is 7.11 Å². The Balaban J connectivity index is 0.00000128. The molecule has 0 fully saturated rings. The molecule has 0 spiro atoms. The van der Waals surface area contributed by atoms with Crippen LogP contribution in [0.4, 0.5) is 0 Å². The van der Waals surface area contributed by atoms with Gasteiger partial charge in [-0.25, -0.2) is 4.90 Å². The van der Waals surface area contributed by atoms with Crippen molar-refractivity contribution in [3.8, 4) is 0 Å². The van der Waals surface area contributed by atoms with E-state index in [0.29, 0.717) is 0 Å². The van der Waals surface area contributed by atoms with Crippen LogP contribution in [-0.4, -0.2) is 56.9 Å². The van der Waals surface area contributed by atoms with Gasteiger partial charge in [-0.1, -0.05) is 0 Å². The second-order valence-corrected chi connectivity index (χ2v) is 3.77. The van der Waals surface area contributed by atoms with E-state index < -0.39 is 0 Å². The van der Waals surface area contributed by atoms with Crippen molar-refractivity contribution in [3.63, 3.8) is 0 Å². The lowest BCUT2D eigenvalue weighted by Gasteiger charge is -2.18. The summed E-state index contributed by atoms with van der Waals surface area (Å²) in [4.78, 5) is 14.5. The van der Waals surface area contributed by atoms with Crippen molar-refractivity contribution in [3.05, 3.63) is 11.5 Å². The summed E-state index contributed by atoms with van der Waals surface area (Å²) in [6.45, 7) is 0.831. The second kappa shape index (κ2) is 5.00. The molecule has 2 heterocycles. The predicted octanol–water partition coefficient (Wildman–Crippen LogP) is -4.49. The van der Waals surface area contributed by atoms with Crippen LogP contribution in [0.3, 0.4) is 0 Å². The van der Waals surface area contributed by atoms with Gasteiger partial charge in [0.25, 0.3) is 5.84 Å². The van der Waals surface area contributed by atoms with Crippen LogP contribution < -0.4 is 28.9 Å². The number of rotatable bonds is 1. The molecule has 0 amide bonds. The van der Waals surface area contributed by atoms with Crippen molar-refractivity contribution in [2.24, 2.45) is 10.1 Å². The van der Waals surface area contributed by atoms with E-state index in [0.717, 1.165) is 28.9 Å². The maximum absolute atomic E-state index is 4.87. The van der Waals surface area contributed by atoms with Crippen LogP contribution in [0, 0.1) is 0 Å². The molecule has 0 radical (unpaired) electrons. The summed E-state index contributed by atoms with van der Waals surface area (Å²) >= 11 is 0. The van der Waals surface area contributed by atoms with Crippen molar-refractivity contribution in [1.29, 1.82) is 0 Å². The molecule has 0 bridgehead atoms. The number of nitrogens with zero attached hydrogens (tertiary/aromatic N) is 4. The van der Waals surface area contributed by atoms with E-state index >= 15 is 0 Å². The van der Waals surface area contributed by atoms with Crippen LogP contribution in [-0.2, 0) is 4.84 Å². The summed E-state index contributed by atoms with van der Waals surface area (Å²) in [5.74, 6) is 1.83. The molecule has 0 aromatic carbocycles. The monoisotopic (exact) mass is 337 g/mol. The molecule has 6 nitrogen and oxygen atoms in total. The predicted molar refractivity (Wildman–Crippen MR) is 57.2 cm³/mol. The van der Waals surface area contributed by atoms with Crippen LogP contribution in [0.15, 0.2) is 21.7 Å². The van der Waals surface area contributed by atoms with Gasteiger partial charge in [-0.2, -0.15) is 4.99 Å². The van der Waals surface area contributed by atoms with Crippen LogP contribution in [0.1, 0.15) is 0 Å². The molecule has 16 heavy (non-hydrogen) atoms. The molecule has 0 saturated carbocycles. The van der Waals surface area contributed by atoms with Gasteiger partial charge in [0.15, 0.2) is 17.9 Å². The van der Waals surface area contributed by atoms with Crippen molar-refractivity contribution >= 4 is 12.2 Å². The third-order valence-electron chi connectivity index (χ3n) is 2.54. The van der Waals surface area contributed by atoms with Crippen molar-refractivity contribution in [2.75, 3.05) is 34.9 Å². The highest BCUT2D eigenvalue weighted by Gasteiger charge is 2.35. The van der Waals surface area contributed by atoms with Gasteiger partial charge in [0.2, 0.25) is 0 Å². The maximum Gasteiger partial charge on any atom is 0.293 e. The van der Waals surface area contributed by atoms with Gasteiger partial charge >= 0.3 is 0 Å². The normalized spacial score (nSPS) is 26.0. The number of hydrogen-bond acceptors (Lipinski definition) is 5. The third kappa shape index (κ3) is 2.01. The average Bonchev–Trinajstić information content (AvgIpc) is 2.47. The average molecular weight is 337 g/mol. The Hall–Kier alpha value is -0.830. The molecule has 7 heteroatoms. The van der Waals surface area contributed by atoms with Gasteiger partial charge in [0, 0.05) is 14.1 Å². The molecule has 2 aliphatic heterocycles. The van der Waals surface area contributed by atoms with Gasteiger partial charge in [-0.15, -0.1) is 0 Å². The molecule has 0 aromatic rings. The van der Waals surface area contributed by atoms with E-state index in [-0.39, 0.29) is 24.0 Å². The SMILES string of the molecule is CON=C1C2=C(N=C[NH+]1C)N(C)CN2C.[I-]. The minimum atomic E-state index is 0. The molecule has 0 saturated heterocycles. The van der Waals surface area contributed by atoms with Crippen LogP contribution in [0.2, 0.25) is 0 Å². The number of nitrogens with one attached hydrogen (secondary N) is 1. The molecule has 90 valence electrons. The van der Waals surface area contributed by atoms with E-state index in [1.165, 1.54) is 0 Å². The number of halogens is 1. The Bertz CT molecular complexity index is 365. The summed E-state index contributed by atoms with van der Waals surface area (Å²) < 4.78 is 0. The number of likely N-dealkylation sites (N-methyl/N-ethyl adjacent to an activating group) is 2. The Labute approximate surface area is 112 Å². The van der Waals surface area contributed by atoms with Gasteiger partial charge in [0.05, 0.1) is 13.7 Å². The molecule has 2 rings (SSSR count). The van der Waals surface area contributed by atoms with Crippen molar-refractivity contribution in [1.82, 2.24) is 9.80 Å². The Morgan fingerprint density at radius 2 is 2.12 bits per heavy atom. The van der Waals surface area contributed by atoms with E-state index in [4.69, 9.17) is 4.84 Å². The largest absolute Gasteiger partial charge is 1.00 e.